The van der Waals surface area contributed by atoms with Crippen LogP contribution < -0.4 is 0 Å². The molecule has 0 N–H and O–H groups in total. The van der Waals surface area contributed by atoms with Gasteiger partial charge in [0.15, 0.2) is 6.10 Å². The first-order valence-electron chi connectivity index (χ1n) is 32.8. The van der Waals surface area contributed by atoms with Gasteiger partial charge < -0.3 is 14.2 Å². The predicted octanol–water partition coefficient (Wildman–Crippen LogP) is 22.7. The topological polar surface area (TPSA) is 78.9 Å². The molecule has 0 aliphatic rings. The highest BCUT2D eigenvalue weighted by molar-refractivity contribution is 5.71. The molecule has 0 aromatic rings. The first kappa shape index (κ1) is 75.3. The van der Waals surface area contributed by atoms with E-state index in [4.69, 9.17) is 14.2 Å². The van der Waals surface area contributed by atoms with Crippen LogP contribution in [0.5, 0.6) is 0 Å². The average Bonchev–Trinajstić information content (AvgIpc) is 3.46. The van der Waals surface area contributed by atoms with Gasteiger partial charge in [0.2, 0.25) is 0 Å². The van der Waals surface area contributed by atoms with Crippen molar-refractivity contribution in [2.75, 3.05) is 13.2 Å². The lowest BCUT2D eigenvalue weighted by Gasteiger charge is -2.18. The van der Waals surface area contributed by atoms with Crippen LogP contribution in [-0.2, 0) is 28.6 Å². The molecule has 0 heterocycles. The number of hydrogen-bond acceptors (Lipinski definition) is 6. The van der Waals surface area contributed by atoms with Gasteiger partial charge in [0, 0.05) is 19.3 Å². The summed E-state index contributed by atoms with van der Waals surface area (Å²) in [5, 5.41) is 0. The summed E-state index contributed by atoms with van der Waals surface area (Å²) in [7, 11) is 0. The Kier molecular flexibility index (Phi) is 62.9. The lowest BCUT2D eigenvalue weighted by atomic mass is 10.1. The van der Waals surface area contributed by atoms with Gasteiger partial charge in [-0.2, -0.15) is 0 Å². The number of carbonyl (C=O) groups excluding carboxylic acids is 3. The Labute approximate surface area is 493 Å². The summed E-state index contributed by atoms with van der Waals surface area (Å²) in [6.45, 7) is 6.44. The quantitative estimate of drug-likeness (QED) is 0.0261. The summed E-state index contributed by atoms with van der Waals surface area (Å²) in [6, 6.07) is 0. The van der Waals surface area contributed by atoms with E-state index in [1.54, 1.807) is 0 Å². The molecule has 0 amide bonds. The fourth-order valence-electron chi connectivity index (χ4n) is 8.62. The van der Waals surface area contributed by atoms with Crippen LogP contribution in [-0.4, -0.2) is 37.2 Å². The van der Waals surface area contributed by atoms with Gasteiger partial charge in [-0.1, -0.05) is 269 Å². The number of rotatable bonds is 58. The van der Waals surface area contributed by atoms with Gasteiger partial charge in [0.05, 0.1) is 0 Å². The number of hydrogen-bond donors (Lipinski definition) is 0. The van der Waals surface area contributed by atoms with E-state index in [2.05, 4.69) is 167 Å². The summed E-state index contributed by atoms with van der Waals surface area (Å²) in [4.78, 5) is 38.2. The second kappa shape index (κ2) is 66.8. The first-order chi connectivity index (χ1) is 39.5. The van der Waals surface area contributed by atoms with Gasteiger partial charge in [-0.15, -0.1) is 0 Å². The van der Waals surface area contributed by atoms with Crippen molar-refractivity contribution in [3.63, 3.8) is 0 Å². The molecule has 0 saturated carbocycles. The Morgan fingerprint density at radius 3 is 0.812 bits per heavy atom. The third-order valence-electron chi connectivity index (χ3n) is 13.5. The minimum Gasteiger partial charge on any atom is -0.462 e. The van der Waals surface area contributed by atoms with Crippen molar-refractivity contribution < 1.29 is 28.6 Å². The van der Waals surface area contributed by atoms with Gasteiger partial charge in [0.1, 0.15) is 13.2 Å². The zero-order chi connectivity index (χ0) is 57.8. The van der Waals surface area contributed by atoms with Crippen LogP contribution in [0, 0.1) is 0 Å². The van der Waals surface area contributed by atoms with Gasteiger partial charge in [-0.05, 0) is 141 Å². The van der Waals surface area contributed by atoms with Crippen LogP contribution in [0.4, 0.5) is 0 Å². The first-order valence-corrected chi connectivity index (χ1v) is 32.8. The van der Waals surface area contributed by atoms with E-state index >= 15 is 0 Å². The average molecular weight is 1110 g/mol. The summed E-state index contributed by atoms with van der Waals surface area (Å²) >= 11 is 0. The van der Waals surface area contributed by atoms with Crippen LogP contribution in [0.1, 0.15) is 284 Å². The van der Waals surface area contributed by atoms with E-state index in [-0.39, 0.29) is 31.1 Å². The van der Waals surface area contributed by atoms with Crippen LogP contribution in [0.15, 0.2) is 146 Å². The van der Waals surface area contributed by atoms with Crippen LogP contribution in [0.2, 0.25) is 0 Å². The summed E-state index contributed by atoms with van der Waals surface area (Å²) in [5.74, 6) is -0.929. The number of esters is 3. The molecule has 0 saturated heterocycles. The van der Waals surface area contributed by atoms with E-state index in [0.717, 1.165) is 161 Å². The maximum absolute atomic E-state index is 12.9. The van der Waals surface area contributed by atoms with E-state index in [0.29, 0.717) is 19.3 Å². The third-order valence-corrected chi connectivity index (χ3v) is 13.5. The predicted molar refractivity (Wildman–Crippen MR) is 348 cm³/mol. The van der Waals surface area contributed by atoms with Crippen molar-refractivity contribution >= 4 is 17.9 Å². The monoisotopic (exact) mass is 1100 g/mol. The molecule has 0 rings (SSSR count). The molecular formula is C74H120O6. The molecule has 0 radical (unpaired) electrons. The molecule has 452 valence electrons. The Morgan fingerprint density at radius 2 is 0.500 bits per heavy atom. The number of allylic oxidation sites excluding steroid dienone is 24. The molecule has 0 fully saturated rings. The molecule has 0 bridgehead atoms. The highest BCUT2D eigenvalue weighted by Crippen LogP contribution is 2.14. The Hall–Kier alpha value is -4.71. The van der Waals surface area contributed by atoms with Gasteiger partial charge >= 0.3 is 17.9 Å². The molecule has 1 unspecified atom stereocenters. The van der Waals surface area contributed by atoms with Crippen molar-refractivity contribution in [1.29, 1.82) is 0 Å². The summed E-state index contributed by atoms with van der Waals surface area (Å²) in [5.41, 5.74) is 0. The van der Waals surface area contributed by atoms with Crippen molar-refractivity contribution in [3.05, 3.63) is 146 Å². The van der Waals surface area contributed by atoms with Gasteiger partial charge in [0.25, 0.3) is 0 Å². The molecule has 6 nitrogen and oxygen atoms in total. The Bertz CT molecular complexity index is 1750. The van der Waals surface area contributed by atoms with Gasteiger partial charge in [-0.25, -0.2) is 0 Å². The Morgan fingerprint density at radius 1 is 0.263 bits per heavy atom. The van der Waals surface area contributed by atoms with Crippen molar-refractivity contribution in [1.82, 2.24) is 0 Å². The lowest BCUT2D eigenvalue weighted by Crippen LogP contribution is -2.30. The number of carbonyl (C=O) groups is 3. The molecule has 0 aromatic heterocycles. The third kappa shape index (κ3) is 64.1. The largest absolute Gasteiger partial charge is 0.462 e. The maximum Gasteiger partial charge on any atom is 0.306 e. The van der Waals surface area contributed by atoms with E-state index in [1.807, 2.05) is 0 Å². The smallest absolute Gasteiger partial charge is 0.306 e. The second-order valence-electron chi connectivity index (χ2n) is 21.3. The van der Waals surface area contributed by atoms with Gasteiger partial charge in [-0.3, -0.25) is 14.4 Å². The number of ether oxygens (including phenoxy) is 3. The summed E-state index contributed by atoms with van der Waals surface area (Å²) in [6.07, 6.45) is 95.7. The SMILES string of the molecule is CC/C=C\C/C=C\C/C=C\C/C=C\C/C=C\C/C=C\C/C=C\C/C=C\C/C=C\CCCCCCCCCC(=O)OCC(COC(=O)CCCCCCC/C=C\CCCCCC)OC(=O)CCCCCCC/C=C\C/C=C\CCCC. The van der Waals surface area contributed by atoms with Crippen molar-refractivity contribution in [2.45, 2.75) is 290 Å². The fourth-order valence-corrected chi connectivity index (χ4v) is 8.62. The fraction of sp³-hybridized carbons (Fsp3) is 0.635. The van der Waals surface area contributed by atoms with E-state index in [9.17, 15) is 14.4 Å². The van der Waals surface area contributed by atoms with Crippen molar-refractivity contribution in [2.24, 2.45) is 0 Å². The molecule has 0 aliphatic carbocycles. The Balaban J connectivity index is 4.27. The highest BCUT2D eigenvalue weighted by atomic mass is 16.6. The molecule has 0 aromatic carbocycles. The molecular weight excluding hydrogens is 985 g/mol. The maximum atomic E-state index is 12.9. The van der Waals surface area contributed by atoms with Crippen LogP contribution >= 0.6 is 0 Å². The lowest BCUT2D eigenvalue weighted by molar-refractivity contribution is -0.167. The molecule has 80 heavy (non-hydrogen) atoms. The van der Waals surface area contributed by atoms with E-state index in [1.165, 1.54) is 83.5 Å². The molecule has 0 spiro atoms. The second-order valence-corrected chi connectivity index (χ2v) is 21.3. The van der Waals surface area contributed by atoms with E-state index < -0.39 is 6.10 Å². The minimum atomic E-state index is -0.798. The zero-order valence-corrected chi connectivity index (χ0v) is 51.8. The minimum absolute atomic E-state index is 0.0946. The summed E-state index contributed by atoms with van der Waals surface area (Å²) < 4.78 is 16.9. The van der Waals surface area contributed by atoms with Crippen molar-refractivity contribution in [3.8, 4) is 0 Å². The molecule has 0 aliphatic heterocycles. The molecule has 1 atom stereocenters. The highest BCUT2D eigenvalue weighted by Gasteiger charge is 2.19. The normalized spacial score (nSPS) is 13.1. The standard InChI is InChI=1S/C74H120O6/c1-4-7-10-13-16-19-22-25-27-28-29-30-31-32-33-34-35-36-37-38-39-40-41-42-43-44-45-46-47-50-52-55-58-61-64-67-73(76)79-70-71(69-78-72(75)66-63-60-57-54-51-48-24-21-18-15-12-9-6-3)80-74(77)68-65-62-59-56-53-49-26-23-20-17-14-11-8-5-2/h7,10,14,16-17,19,21,23-27,29-30,32-33,35-36,38-39,41-42,44-45,71H,4-6,8-9,11-13,15,18,20,22,28,31,34,37,40,43,46-70H2,1-3H3/b10-7-,17-14-,19-16-,24-21-,26-23-,27-25-,30-29-,33-32-,36-35-,39-38-,42-41-,45-44-. The number of unbranched alkanes of at least 4 members (excludes halogenated alkanes) is 23. The molecule has 6 heteroatoms. The van der Waals surface area contributed by atoms with Crippen LogP contribution in [0.3, 0.4) is 0 Å². The zero-order valence-electron chi connectivity index (χ0n) is 51.8. The van der Waals surface area contributed by atoms with Crippen LogP contribution in [0.25, 0.3) is 0 Å².